The minimum atomic E-state index is -0.369. The molecule has 6 heteroatoms. The highest BCUT2D eigenvalue weighted by atomic mass is 32.2. The number of hydrogen-bond donors (Lipinski definition) is 1. The third-order valence-electron chi connectivity index (χ3n) is 4.75. The normalized spacial score (nSPS) is 20.5. The van der Waals surface area contributed by atoms with Crippen LogP contribution in [0, 0.1) is 22.0 Å². The number of fused-ring (bicyclic) bond motifs is 1. The Hall–Kier alpha value is -1.56. The Bertz CT molecular complexity index is 663. The number of H-pyrrole nitrogens is 1. The van der Waals surface area contributed by atoms with E-state index in [9.17, 15) is 10.1 Å². The molecule has 5 nitrogen and oxygen atoms in total. The van der Waals surface area contributed by atoms with Crippen molar-refractivity contribution in [2.45, 2.75) is 45.4 Å². The molecule has 2 aromatic rings. The molecule has 1 aromatic carbocycles. The Kier molecular flexibility index (Phi) is 7.09. The Balaban J connectivity index is 0.000000647. The molecule has 1 fully saturated rings. The topological polar surface area (TPSA) is 71.8 Å². The smallest absolute Gasteiger partial charge is 0.271 e. The van der Waals surface area contributed by atoms with Crippen LogP contribution >= 0.6 is 11.8 Å². The van der Waals surface area contributed by atoms with Crippen molar-refractivity contribution >= 4 is 28.5 Å². The zero-order chi connectivity index (χ0) is 17.5. The van der Waals surface area contributed by atoms with Crippen LogP contribution in [0.4, 0.5) is 5.69 Å². The van der Waals surface area contributed by atoms with Crippen molar-refractivity contribution in [2.75, 3.05) is 12.5 Å². The number of imidazole rings is 1. The van der Waals surface area contributed by atoms with Gasteiger partial charge in [0, 0.05) is 18.6 Å². The van der Waals surface area contributed by atoms with Crippen LogP contribution in [0.2, 0.25) is 0 Å². The standard InChI is InChI=1S/C16H21N3O2.C2H6S/c1-2-11-3-5-12(6-4-11)9-16-17-14-8-7-13(19(20)21)10-15(14)18-16;1-3-2/h7-8,10-12H,2-6,9H2,1H3,(H,17,18);1-2H3. The molecule has 0 saturated heterocycles. The number of non-ortho nitro benzene ring substituents is 1. The molecule has 0 aliphatic heterocycles. The summed E-state index contributed by atoms with van der Waals surface area (Å²) in [6, 6.07) is 4.81. The summed E-state index contributed by atoms with van der Waals surface area (Å²) in [5.41, 5.74) is 1.69. The number of nitro groups is 1. The second-order valence-electron chi connectivity index (χ2n) is 6.55. The van der Waals surface area contributed by atoms with E-state index in [1.807, 2.05) is 12.5 Å². The molecular formula is C18H27N3O2S. The molecule has 3 rings (SSSR count). The molecule has 0 unspecified atom stereocenters. The van der Waals surface area contributed by atoms with Gasteiger partial charge in [-0.3, -0.25) is 10.1 Å². The lowest BCUT2D eigenvalue weighted by Gasteiger charge is -2.27. The van der Waals surface area contributed by atoms with Gasteiger partial charge in [0.15, 0.2) is 0 Å². The fourth-order valence-corrected chi connectivity index (χ4v) is 3.38. The van der Waals surface area contributed by atoms with E-state index in [-0.39, 0.29) is 10.6 Å². The second kappa shape index (κ2) is 9.06. The number of hydrogen-bond acceptors (Lipinski definition) is 4. The van der Waals surface area contributed by atoms with E-state index in [1.54, 1.807) is 23.9 Å². The van der Waals surface area contributed by atoms with Gasteiger partial charge in [-0.15, -0.1) is 0 Å². The third kappa shape index (κ3) is 4.97. The molecule has 132 valence electrons. The molecular weight excluding hydrogens is 322 g/mol. The second-order valence-corrected chi connectivity index (χ2v) is 7.37. The predicted octanol–water partition coefficient (Wildman–Crippen LogP) is 5.21. The van der Waals surface area contributed by atoms with Crippen LogP contribution in [0.25, 0.3) is 11.0 Å². The monoisotopic (exact) mass is 349 g/mol. The summed E-state index contributed by atoms with van der Waals surface area (Å²) >= 11 is 1.75. The van der Waals surface area contributed by atoms with Crippen LogP contribution < -0.4 is 0 Å². The summed E-state index contributed by atoms with van der Waals surface area (Å²) in [7, 11) is 0. The number of aromatic nitrogens is 2. The van der Waals surface area contributed by atoms with E-state index in [1.165, 1.54) is 38.2 Å². The molecule has 0 radical (unpaired) electrons. The van der Waals surface area contributed by atoms with E-state index in [2.05, 4.69) is 16.9 Å². The highest BCUT2D eigenvalue weighted by Gasteiger charge is 2.21. The molecule has 0 bridgehead atoms. The summed E-state index contributed by atoms with van der Waals surface area (Å²) < 4.78 is 0. The molecule has 1 N–H and O–H groups in total. The number of rotatable bonds is 4. The average Bonchev–Trinajstić information content (AvgIpc) is 2.97. The molecule has 1 aliphatic carbocycles. The van der Waals surface area contributed by atoms with Crippen molar-refractivity contribution in [3.05, 3.63) is 34.1 Å². The molecule has 1 aromatic heterocycles. The summed E-state index contributed by atoms with van der Waals surface area (Å²) in [5.74, 6) is 2.56. The van der Waals surface area contributed by atoms with Gasteiger partial charge in [0.1, 0.15) is 5.82 Å². The van der Waals surface area contributed by atoms with Crippen molar-refractivity contribution in [3.8, 4) is 0 Å². The van der Waals surface area contributed by atoms with E-state index in [0.717, 1.165) is 29.2 Å². The largest absolute Gasteiger partial charge is 0.342 e. The summed E-state index contributed by atoms with van der Waals surface area (Å²) in [4.78, 5) is 18.2. The van der Waals surface area contributed by atoms with Crippen LogP contribution in [0.1, 0.15) is 44.9 Å². The fraction of sp³-hybridized carbons (Fsp3) is 0.611. The van der Waals surface area contributed by atoms with Crippen molar-refractivity contribution in [1.82, 2.24) is 9.97 Å². The lowest BCUT2D eigenvalue weighted by atomic mass is 9.79. The Morgan fingerprint density at radius 1 is 1.25 bits per heavy atom. The highest BCUT2D eigenvalue weighted by molar-refractivity contribution is 7.97. The van der Waals surface area contributed by atoms with Crippen molar-refractivity contribution in [1.29, 1.82) is 0 Å². The van der Waals surface area contributed by atoms with Gasteiger partial charge in [-0.05, 0) is 43.3 Å². The van der Waals surface area contributed by atoms with Gasteiger partial charge < -0.3 is 4.98 Å². The number of nitrogens with one attached hydrogen (secondary N) is 1. The number of aromatic amines is 1. The van der Waals surface area contributed by atoms with E-state index in [0.29, 0.717) is 5.92 Å². The van der Waals surface area contributed by atoms with Crippen LogP contribution in [0.5, 0.6) is 0 Å². The SMILES string of the molecule is CCC1CCC(Cc2nc3ccc([N+](=O)[O-])cc3[nH]2)CC1.CSC. The maximum Gasteiger partial charge on any atom is 0.271 e. The minimum Gasteiger partial charge on any atom is -0.342 e. The number of nitrogens with zero attached hydrogens (tertiary/aromatic N) is 2. The molecule has 0 spiro atoms. The molecule has 0 amide bonds. The minimum absolute atomic E-state index is 0.112. The quantitative estimate of drug-likeness (QED) is 0.607. The third-order valence-corrected chi connectivity index (χ3v) is 4.75. The average molecular weight is 350 g/mol. The van der Waals surface area contributed by atoms with Gasteiger partial charge in [-0.25, -0.2) is 4.98 Å². The maximum atomic E-state index is 10.8. The zero-order valence-corrected chi connectivity index (χ0v) is 15.6. The van der Waals surface area contributed by atoms with E-state index in [4.69, 9.17) is 0 Å². The summed E-state index contributed by atoms with van der Waals surface area (Å²) in [5, 5.41) is 10.8. The fourth-order valence-electron chi connectivity index (χ4n) is 3.38. The van der Waals surface area contributed by atoms with Gasteiger partial charge in [0.25, 0.3) is 5.69 Å². The molecule has 0 atom stereocenters. The van der Waals surface area contributed by atoms with E-state index < -0.39 is 0 Å². The highest BCUT2D eigenvalue weighted by Crippen LogP contribution is 2.32. The first-order chi connectivity index (χ1) is 11.6. The van der Waals surface area contributed by atoms with Gasteiger partial charge >= 0.3 is 0 Å². The van der Waals surface area contributed by atoms with Crippen molar-refractivity contribution in [2.24, 2.45) is 11.8 Å². The van der Waals surface area contributed by atoms with Gasteiger partial charge in [-0.2, -0.15) is 11.8 Å². The van der Waals surface area contributed by atoms with Gasteiger partial charge in [0.05, 0.1) is 16.0 Å². The molecule has 24 heavy (non-hydrogen) atoms. The Morgan fingerprint density at radius 2 is 1.88 bits per heavy atom. The first-order valence-corrected chi connectivity index (χ1v) is 10.2. The lowest BCUT2D eigenvalue weighted by molar-refractivity contribution is -0.384. The predicted molar refractivity (Wildman–Crippen MR) is 102 cm³/mol. The number of thioether (sulfide) groups is 1. The van der Waals surface area contributed by atoms with Crippen molar-refractivity contribution < 1.29 is 4.92 Å². The van der Waals surface area contributed by atoms with Crippen LogP contribution in [-0.4, -0.2) is 27.4 Å². The number of benzene rings is 1. The molecule has 1 saturated carbocycles. The molecule has 1 aliphatic rings. The first-order valence-electron chi connectivity index (χ1n) is 8.60. The summed E-state index contributed by atoms with van der Waals surface area (Å²) in [6.07, 6.45) is 11.5. The maximum absolute atomic E-state index is 10.8. The van der Waals surface area contributed by atoms with E-state index >= 15 is 0 Å². The Labute approximate surface area is 147 Å². The van der Waals surface area contributed by atoms with Crippen LogP contribution in [-0.2, 0) is 6.42 Å². The Morgan fingerprint density at radius 3 is 2.46 bits per heavy atom. The van der Waals surface area contributed by atoms with Crippen LogP contribution in [0.3, 0.4) is 0 Å². The molecule has 1 heterocycles. The first kappa shape index (κ1) is 18.8. The zero-order valence-electron chi connectivity index (χ0n) is 14.7. The van der Waals surface area contributed by atoms with Gasteiger partial charge in [-0.1, -0.05) is 26.2 Å². The van der Waals surface area contributed by atoms with Crippen LogP contribution in [0.15, 0.2) is 18.2 Å². The van der Waals surface area contributed by atoms with Gasteiger partial charge in [0.2, 0.25) is 0 Å². The lowest BCUT2D eigenvalue weighted by Crippen LogP contribution is -2.16. The van der Waals surface area contributed by atoms with Crippen molar-refractivity contribution in [3.63, 3.8) is 0 Å². The summed E-state index contributed by atoms with van der Waals surface area (Å²) in [6.45, 7) is 2.27. The number of nitro benzene ring substituents is 1.